The van der Waals surface area contributed by atoms with Crippen LogP contribution in [0.1, 0.15) is 31.8 Å². The van der Waals surface area contributed by atoms with Crippen LogP contribution in [0.4, 0.5) is 10.5 Å². The first kappa shape index (κ1) is 34.5. The highest BCUT2D eigenvalue weighted by atomic mass is 16.5. The van der Waals surface area contributed by atoms with E-state index in [1.54, 1.807) is 34.1 Å². The Morgan fingerprint density at radius 1 is 0.702 bits per heavy atom. The second-order valence-corrected chi connectivity index (χ2v) is 10.8. The van der Waals surface area contributed by atoms with E-state index in [-0.39, 0.29) is 38.0 Å². The van der Waals surface area contributed by atoms with Gasteiger partial charge >= 0.3 is 6.03 Å². The quantitative estimate of drug-likeness (QED) is 0.314. The summed E-state index contributed by atoms with van der Waals surface area (Å²) in [6, 6.07) is 11.0. The van der Waals surface area contributed by atoms with Crippen LogP contribution in [-0.4, -0.2) is 103 Å². The van der Waals surface area contributed by atoms with Gasteiger partial charge in [-0.15, -0.1) is 0 Å². The number of hydrogen-bond donors (Lipinski definition) is 2. The molecule has 1 heterocycles. The number of ether oxygens (including phenoxy) is 6. The molecule has 1 aliphatic rings. The van der Waals surface area contributed by atoms with E-state index in [9.17, 15) is 14.4 Å². The Bertz CT molecular complexity index is 1560. The summed E-state index contributed by atoms with van der Waals surface area (Å²) in [6.45, 7) is 4.44. The van der Waals surface area contributed by atoms with E-state index in [4.69, 9.17) is 28.4 Å². The molecule has 4 rings (SSSR count). The van der Waals surface area contributed by atoms with Gasteiger partial charge in [-0.05, 0) is 49.2 Å². The third-order valence-electron chi connectivity index (χ3n) is 8.07. The lowest BCUT2D eigenvalue weighted by molar-refractivity contribution is 0.0390. The Hall–Kier alpha value is -5.33. The van der Waals surface area contributed by atoms with Gasteiger partial charge in [-0.1, -0.05) is 18.2 Å². The Balaban J connectivity index is 1.63. The number of amides is 4. The van der Waals surface area contributed by atoms with Crippen molar-refractivity contribution in [3.63, 3.8) is 0 Å². The lowest BCUT2D eigenvalue weighted by Crippen LogP contribution is -2.60. The highest BCUT2D eigenvalue weighted by molar-refractivity contribution is 5.98. The number of methoxy groups -OCH3 is 6. The van der Waals surface area contributed by atoms with Crippen LogP contribution in [0.3, 0.4) is 0 Å². The van der Waals surface area contributed by atoms with Gasteiger partial charge in [0.05, 0.1) is 48.7 Å². The summed E-state index contributed by atoms with van der Waals surface area (Å²) < 4.78 is 32.7. The monoisotopic (exact) mass is 650 g/mol. The predicted molar refractivity (Wildman–Crippen MR) is 176 cm³/mol. The normalized spacial score (nSPS) is 14.2. The SMILES string of the molecule is COc1cc(C(=O)N2CCN(C(=O)c3cc(OC)c(OC)c(OC)c3)C(CNC(=O)Nc3c(C)cccc3C)C2)cc(OC)c1OC. The molecule has 2 N–H and O–H groups in total. The Labute approximate surface area is 274 Å². The highest BCUT2D eigenvalue weighted by Crippen LogP contribution is 2.40. The van der Waals surface area contributed by atoms with Crippen LogP contribution >= 0.6 is 0 Å². The Morgan fingerprint density at radius 2 is 1.17 bits per heavy atom. The fraction of sp³-hybridized carbons (Fsp3) is 0.382. The minimum atomic E-state index is -0.593. The third kappa shape index (κ3) is 7.40. The third-order valence-corrected chi connectivity index (χ3v) is 8.07. The lowest BCUT2D eigenvalue weighted by Gasteiger charge is -2.41. The van der Waals surface area contributed by atoms with Crippen molar-refractivity contribution in [2.45, 2.75) is 19.9 Å². The number of benzene rings is 3. The molecular formula is C34H42N4O9. The van der Waals surface area contributed by atoms with E-state index in [1.165, 1.54) is 42.7 Å². The van der Waals surface area contributed by atoms with Crippen LogP contribution in [0.2, 0.25) is 0 Å². The number of para-hydroxylation sites is 1. The molecule has 0 saturated carbocycles. The van der Waals surface area contributed by atoms with E-state index in [0.717, 1.165) is 11.1 Å². The summed E-state index contributed by atoms with van der Waals surface area (Å²) >= 11 is 0. The molecule has 252 valence electrons. The maximum absolute atomic E-state index is 14.1. The van der Waals surface area contributed by atoms with Gasteiger partial charge in [-0.25, -0.2) is 4.79 Å². The van der Waals surface area contributed by atoms with Crippen LogP contribution < -0.4 is 39.1 Å². The van der Waals surface area contributed by atoms with Crippen LogP contribution in [0.25, 0.3) is 0 Å². The number of nitrogens with zero attached hydrogens (tertiary/aromatic N) is 2. The van der Waals surface area contributed by atoms with Gasteiger partial charge in [-0.3, -0.25) is 9.59 Å². The van der Waals surface area contributed by atoms with Crippen molar-refractivity contribution in [1.29, 1.82) is 0 Å². The number of rotatable bonds is 11. The molecule has 0 aromatic heterocycles. The zero-order valence-corrected chi connectivity index (χ0v) is 28.0. The van der Waals surface area contributed by atoms with E-state index in [2.05, 4.69) is 10.6 Å². The fourth-order valence-electron chi connectivity index (χ4n) is 5.62. The molecule has 1 fully saturated rings. The van der Waals surface area contributed by atoms with Gasteiger partial charge in [0.15, 0.2) is 23.0 Å². The summed E-state index contributed by atoms with van der Waals surface area (Å²) in [5.74, 6) is 1.43. The van der Waals surface area contributed by atoms with E-state index in [1.807, 2.05) is 32.0 Å². The van der Waals surface area contributed by atoms with E-state index < -0.39 is 12.1 Å². The van der Waals surface area contributed by atoms with Crippen molar-refractivity contribution in [3.8, 4) is 34.5 Å². The highest BCUT2D eigenvalue weighted by Gasteiger charge is 2.35. The van der Waals surface area contributed by atoms with Crippen molar-refractivity contribution < 1.29 is 42.8 Å². The van der Waals surface area contributed by atoms with Crippen molar-refractivity contribution >= 4 is 23.5 Å². The lowest BCUT2D eigenvalue weighted by atomic mass is 10.1. The van der Waals surface area contributed by atoms with Gasteiger partial charge in [0.25, 0.3) is 11.8 Å². The second-order valence-electron chi connectivity index (χ2n) is 10.8. The van der Waals surface area contributed by atoms with Gasteiger partial charge in [0, 0.05) is 43.0 Å². The molecule has 0 radical (unpaired) electrons. The van der Waals surface area contributed by atoms with Crippen molar-refractivity contribution in [2.24, 2.45) is 0 Å². The van der Waals surface area contributed by atoms with Crippen LogP contribution in [0, 0.1) is 13.8 Å². The van der Waals surface area contributed by atoms with Crippen molar-refractivity contribution in [3.05, 3.63) is 64.7 Å². The number of hydrogen-bond acceptors (Lipinski definition) is 9. The molecule has 4 amide bonds. The number of carbonyl (C=O) groups excluding carboxylic acids is 3. The molecule has 1 atom stereocenters. The summed E-state index contributed by atoms with van der Waals surface area (Å²) in [7, 11) is 8.87. The minimum absolute atomic E-state index is 0.0615. The van der Waals surface area contributed by atoms with Gasteiger partial charge in [-0.2, -0.15) is 0 Å². The van der Waals surface area contributed by atoms with Crippen LogP contribution in [0.15, 0.2) is 42.5 Å². The Kier molecular flexibility index (Phi) is 11.2. The van der Waals surface area contributed by atoms with Gasteiger partial charge in [0.2, 0.25) is 11.5 Å². The maximum atomic E-state index is 14.1. The molecule has 3 aromatic rings. The van der Waals surface area contributed by atoms with E-state index >= 15 is 0 Å². The average molecular weight is 651 g/mol. The summed E-state index contributed by atoms with van der Waals surface area (Å²) in [6.07, 6.45) is 0. The molecule has 1 saturated heterocycles. The zero-order chi connectivity index (χ0) is 34.2. The standard InChI is InChI=1S/C34H42N4O9/c1-20-10-9-11-21(2)29(20)36-34(41)35-18-24-19-37(32(39)22-14-25(42-3)30(46-7)26(15-22)43-4)12-13-38(24)33(40)23-16-27(44-5)31(47-8)28(17-23)45-6/h9-11,14-17,24H,12-13,18-19H2,1-8H3,(H2,35,36,41). The molecule has 13 heteroatoms. The molecule has 0 bridgehead atoms. The number of anilines is 1. The zero-order valence-electron chi connectivity index (χ0n) is 28.0. The second kappa shape index (κ2) is 15.3. The van der Waals surface area contributed by atoms with Crippen molar-refractivity contribution in [1.82, 2.24) is 15.1 Å². The summed E-state index contributed by atoms with van der Waals surface area (Å²) in [5.41, 5.74) is 3.16. The molecule has 13 nitrogen and oxygen atoms in total. The van der Waals surface area contributed by atoms with Crippen molar-refractivity contribution in [2.75, 3.05) is 74.2 Å². The minimum Gasteiger partial charge on any atom is -0.493 e. The smallest absolute Gasteiger partial charge is 0.319 e. The number of carbonyl (C=O) groups is 3. The summed E-state index contributed by atoms with van der Waals surface area (Å²) in [4.78, 5) is 44.3. The molecular weight excluding hydrogens is 608 g/mol. The summed E-state index contributed by atoms with van der Waals surface area (Å²) in [5, 5.41) is 5.81. The largest absolute Gasteiger partial charge is 0.493 e. The van der Waals surface area contributed by atoms with Gasteiger partial charge < -0.3 is 48.9 Å². The van der Waals surface area contributed by atoms with Crippen LogP contribution in [0.5, 0.6) is 34.5 Å². The average Bonchev–Trinajstić information content (AvgIpc) is 3.10. The number of aryl methyl sites for hydroxylation is 2. The molecule has 1 unspecified atom stereocenters. The molecule has 47 heavy (non-hydrogen) atoms. The fourth-order valence-corrected chi connectivity index (χ4v) is 5.62. The first-order chi connectivity index (χ1) is 22.6. The molecule has 0 spiro atoms. The van der Waals surface area contributed by atoms with Gasteiger partial charge in [0.1, 0.15) is 0 Å². The molecule has 1 aliphatic heterocycles. The van der Waals surface area contributed by atoms with Crippen LogP contribution in [-0.2, 0) is 0 Å². The predicted octanol–water partition coefficient (Wildman–Crippen LogP) is 4.14. The topological polar surface area (TPSA) is 137 Å². The Morgan fingerprint density at radius 3 is 1.62 bits per heavy atom. The number of piperazine rings is 1. The number of urea groups is 1. The molecule has 0 aliphatic carbocycles. The first-order valence-electron chi connectivity index (χ1n) is 14.9. The maximum Gasteiger partial charge on any atom is 0.319 e. The van der Waals surface area contributed by atoms with E-state index in [0.29, 0.717) is 51.3 Å². The molecule has 3 aromatic carbocycles. The first-order valence-corrected chi connectivity index (χ1v) is 14.9. The number of nitrogens with one attached hydrogen (secondary N) is 2.